The second-order valence-corrected chi connectivity index (χ2v) is 9.02. The molecule has 0 nitrogen and oxygen atoms in total. The van der Waals surface area contributed by atoms with Crippen molar-refractivity contribution in [3.8, 4) is 11.1 Å². The summed E-state index contributed by atoms with van der Waals surface area (Å²) in [5, 5.41) is 8.03. The highest BCUT2D eigenvalue weighted by atomic mass is 14.2. The Labute approximate surface area is 218 Å². The largest absolute Gasteiger partial charge is 0.103 e. The first-order chi connectivity index (χ1) is 17.6. The van der Waals surface area contributed by atoms with E-state index >= 15 is 0 Å². The Bertz CT molecular complexity index is 1480. The Kier molecular flexibility index (Phi) is 9.65. The third-order valence-electron chi connectivity index (χ3n) is 6.40. The van der Waals surface area contributed by atoms with Crippen molar-refractivity contribution in [2.75, 3.05) is 0 Å². The molecule has 184 valence electrons. The molecule has 0 saturated carbocycles. The minimum absolute atomic E-state index is 1.14. The summed E-state index contributed by atoms with van der Waals surface area (Å²) in [6, 6.07) is 27.1. The number of rotatable bonds is 5. The van der Waals surface area contributed by atoms with Crippen molar-refractivity contribution in [3.05, 3.63) is 114 Å². The summed E-state index contributed by atoms with van der Waals surface area (Å²) in [5.74, 6) is 0. The number of benzene rings is 5. The molecule has 0 saturated heterocycles. The molecule has 5 aromatic carbocycles. The third kappa shape index (κ3) is 5.77. The van der Waals surface area contributed by atoms with Gasteiger partial charge >= 0.3 is 0 Å². The molecule has 0 heterocycles. The molecular formula is C36H40. The lowest BCUT2D eigenvalue weighted by Gasteiger charge is -2.15. The first kappa shape index (κ1) is 27.0. The molecule has 0 aliphatic carbocycles. The van der Waals surface area contributed by atoms with E-state index in [4.69, 9.17) is 0 Å². The molecule has 0 unspecified atom stereocenters. The zero-order valence-electron chi connectivity index (χ0n) is 22.9. The van der Waals surface area contributed by atoms with Gasteiger partial charge in [0.05, 0.1) is 0 Å². The van der Waals surface area contributed by atoms with Crippen molar-refractivity contribution in [1.29, 1.82) is 0 Å². The van der Waals surface area contributed by atoms with E-state index in [9.17, 15) is 0 Å². The fourth-order valence-electron chi connectivity index (χ4n) is 4.64. The Morgan fingerprint density at radius 3 is 2.11 bits per heavy atom. The van der Waals surface area contributed by atoms with Crippen LogP contribution in [0.3, 0.4) is 0 Å². The predicted molar refractivity (Wildman–Crippen MR) is 165 cm³/mol. The molecule has 0 radical (unpaired) electrons. The highest BCUT2D eigenvalue weighted by Gasteiger charge is 2.12. The average molecular weight is 473 g/mol. The molecule has 0 aromatic heterocycles. The van der Waals surface area contributed by atoms with Crippen LogP contribution in [0.4, 0.5) is 0 Å². The van der Waals surface area contributed by atoms with Crippen LogP contribution in [-0.2, 0) is 0 Å². The van der Waals surface area contributed by atoms with E-state index in [2.05, 4.69) is 118 Å². The van der Waals surface area contributed by atoms with E-state index in [1.165, 1.54) is 66.6 Å². The summed E-state index contributed by atoms with van der Waals surface area (Å²) in [7, 11) is 0. The summed E-state index contributed by atoms with van der Waals surface area (Å²) in [5.41, 5.74) is 6.50. The quantitative estimate of drug-likeness (QED) is 0.135. The van der Waals surface area contributed by atoms with E-state index in [-0.39, 0.29) is 0 Å². The SMILES string of the molecule is C=CC.CC.CCC/C=C(C)/C=C\c1cc(-c2ccc3ccc4cccc5ccc2c3c45)ccc1C. The molecule has 36 heavy (non-hydrogen) atoms. The Morgan fingerprint density at radius 2 is 1.44 bits per heavy atom. The van der Waals surface area contributed by atoms with E-state index in [0.717, 1.165) is 6.42 Å². The molecule has 0 spiro atoms. The van der Waals surface area contributed by atoms with Gasteiger partial charge in [0.1, 0.15) is 0 Å². The Hall–Kier alpha value is -3.64. The van der Waals surface area contributed by atoms with E-state index in [0.29, 0.717) is 0 Å². The molecule has 5 rings (SSSR count). The van der Waals surface area contributed by atoms with Gasteiger partial charge in [-0.15, -0.1) is 6.58 Å². The van der Waals surface area contributed by atoms with Crippen LogP contribution in [0.1, 0.15) is 58.6 Å². The summed E-state index contributed by atoms with van der Waals surface area (Å²) in [6.07, 6.45) is 10.9. The highest BCUT2D eigenvalue weighted by Crippen LogP contribution is 2.39. The molecule has 0 amide bonds. The lowest BCUT2D eigenvalue weighted by Crippen LogP contribution is -1.89. The standard InChI is InChI=1S/C31H28.C3H6.C2H6/c1-4-5-7-21(2)10-12-26-20-27(13-11-22(26)3)28-18-16-25-15-14-23-8-6-9-24-17-19-29(28)31(25)30(23)24;1-3-2;1-2/h6-20H,4-5H2,1-3H3;3H,1H2,2H3;1-2H3/b12-10-,21-7+;;. The van der Waals surface area contributed by atoms with Crippen molar-refractivity contribution >= 4 is 38.4 Å². The van der Waals surface area contributed by atoms with Crippen molar-refractivity contribution in [2.45, 2.75) is 54.4 Å². The molecular weight excluding hydrogens is 432 g/mol. The van der Waals surface area contributed by atoms with Crippen LogP contribution in [0, 0.1) is 6.92 Å². The fourth-order valence-corrected chi connectivity index (χ4v) is 4.64. The number of hydrogen-bond donors (Lipinski definition) is 0. The summed E-state index contributed by atoms with van der Waals surface area (Å²) in [4.78, 5) is 0. The van der Waals surface area contributed by atoms with Gasteiger partial charge < -0.3 is 0 Å². The summed E-state index contributed by atoms with van der Waals surface area (Å²) >= 11 is 0. The van der Waals surface area contributed by atoms with Crippen LogP contribution in [-0.4, -0.2) is 0 Å². The fraction of sp³-hybridized carbons (Fsp3) is 0.222. The average Bonchev–Trinajstić information content (AvgIpc) is 2.91. The minimum atomic E-state index is 1.14. The maximum atomic E-state index is 3.36. The van der Waals surface area contributed by atoms with E-state index in [1.54, 1.807) is 6.08 Å². The first-order valence-electron chi connectivity index (χ1n) is 13.3. The minimum Gasteiger partial charge on any atom is -0.103 e. The molecule has 5 aromatic rings. The maximum Gasteiger partial charge on any atom is -0.00206 e. The highest BCUT2D eigenvalue weighted by molar-refractivity contribution is 6.25. The molecule has 0 bridgehead atoms. The summed E-state index contributed by atoms with van der Waals surface area (Å²) in [6.45, 7) is 15.8. The lowest BCUT2D eigenvalue weighted by molar-refractivity contribution is 0.952. The monoisotopic (exact) mass is 472 g/mol. The number of aryl methyl sites for hydroxylation is 1. The van der Waals surface area contributed by atoms with Gasteiger partial charge in [0.25, 0.3) is 0 Å². The van der Waals surface area contributed by atoms with Gasteiger partial charge in [0.15, 0.2) is 0 Å². The van der Waals surface area contributed by atoms with Gasteiger partial charge in [-0.05, 0) is 87.8 Å². The van der Waals surface area contributed by atoms with Crippen LogP contribution in [0.15, 0.2) is 103 Å². The van der Waals surface area contributed by atoms with Crippen molar-refractivity contribution in [3.63, 3.8) is 0 Å². The number of hydrogen-bond acceptors (Lipinski definition) is 0. The van der Waals surface area contributed by atoms with Crippen molar-refractivity contribution in [2.24, 2.45) is 0 Å². The molecule has 0 aliphatic rings. The van der Waals surface area contributed by atoms with Gasteiger partial charge in [0, 0.05) is 0 Å². The smallest absolute Gasteiger partial charge is 0.00206 e. The number of allylic oxidation sites excluding steroid dienone is 4. The van der Waals surface area contributed by atoms with Crippen LogP contribution in [0.25, 0.3) is 49.5 Å². The van der Waals surface area contributed by atoms with Crippen molar-refractivity contribution in [1.82, 2.24) is 0 Å². The Morgan fingerprint density at radius 1 is 0.833 bits per heavy atom. The number of unbranched alkanes of at least 4 members (excludes halogenated alkanes) is 1. The zero-order chi connectivity index (χ0) is 26.1. The second kappa shape index (κ2) is 12.9. The first-order valence-corrected chi connectivity index (χ1v) is 13.3. The zero-order valence-corrected chi connectivity index (χ0v) is 22.9. The molecule has 0 heteroatoms. The topological polar surface area (TPSA) is 0 Å². The van der Waals surface area contributed by atoms with E-state index < -0.39 is 0 Å². The third-order valence-corrected chi connectivity index (χ3v) is 6.40. The second-order valence-electron chi connectivity index (χ2n) is 9.02. The van der Waals surface area contributed by atoms with E-state index in [1.807, 2.05) is 20.8 Å². The van der Waals surface area contributed by atoms with Crippen LogP contribution in [0.2, 0.25) is 0 Å². The predicted octanol–water partition coefficient (Wildman–Crippen LogP) is 11.5. The van der Waals surface area contributed by atoms with Crippen LogP contribution >= 0.6 is 0 Å². The van der Waals surface area contributed by atoms with Gasteiger partial charge in [-0.3, -0.25) is 0 Å². The molecule has 0 N–H and O–H groups in total. The normalized spacial score (nSPS) is 11.4. The molecule has 0 atom stereocenters. The molecule has 0 aliphatic heterocycles. The van der Waals surface area contributed by atoms with Gasteiger partial charge in [-0.1, -0.05) is 124 Å². The van der Waals surface area contributed by atoms with Crippen molar-refractivity contribution < 1.29 is 0 Å². The van der Waals surface area contributed by atoms with Crippen LogP contribution in [0.5, 0.6) is 0 Å². The van der Waals surface area contributed by atoms with Gasteiger partial charge in [0.2, 0.25) is 0 Å². The van der Waals surface area contributed by atoms with Gasteiger partial charge in [-0.25, -0.2) is 0 Å². The Balaban J connectivity index is 0.000000674. The lowest BCUT2D eigenvalue weighted by atomic mass is 9.89. The van der Waals surface area contributed by atoms with Crippen LogP contribution < -0.4 is 0 Å². The van der Waals surface area contributed by atoms with Gasteiger partial charge in [-0.2, -0.15) is 0 Å². The summed E-state index contributed by atoms with van der Waals surface area (Å²) < 4.78 is 0. The maximum absolute atomic E-state index is 3.36. The molecule has 0 fully saturated rings.